The SMILES string of the molecule is COc1ccc(CSC(C)(C)[C@@H](NC(=O)OC(C)(C)C)C(=O)O)cc1. The topological polar surface area (TPSA) is 84.9 Å². The minimum Gasteiger partial charge on any atom is -0.497 e. The lowest BCUT2D eigenvalue weighted by Gasteiger charge is -2.32. The van der Waals surface area contributed by atoms with E-state index in [9.17, 15) is 14.7 Å². The van der Waals surface area contributed by atoms with Crippen molar-refractivity contribution >= 4 is 23.8 Å². The van der Waals surface area contributed by atoms with Crippen LogP contribution < -0.4 is 10.1 Å². The first-order chi connectivity index (χ1) is 11.4. The summed E-state index contributed by atoms with van der Waals surface area (Å²) in [7, 11) is 1.60. The Balaban J connectivity index is 2.75. The molecule has 0 aliphatic heterocycles. The van der Waals surface area contributed by atoms with Crippen LogP contribution in [0.25, 0.3) is 0 Å². The molecule has 0 bridgehead atoms. The summed E-state index contributed by atoms with van der Waals surface area (Å²) < 4.78 is 9.55. The first-order valence-corrected chi connectivity index (χ1v) is 8.92. The summed E-state index contributed by atoms with van der Waals surface area (Å²) in [5.41, 5.74) is 0.355. The van der Waals surface area contributed by atoms with Gasteiger partial charge in [-0.2, -0.15) is 0 Å². The molecule has 1 aromatic carbocycles. The minimum atomic E-state index is -1.10. The van der Waals surface area contributed by atoms with E-state index in [1.165, 1.54) is 11.8 Å². The quantitative estimate of drug-likeness (QED) is 0.762. The fourth-order valence-electron chi connectivity index (χ4n) is 2.03. The lowest BCUT2D eigenvalue weighted by Crippen LogP contribution is -2.53. The lowest BCUT2D eigenvalue weighted by molar-refractivity contribution is -0.140. The number of thioether (sulfide) groups is 1. The largest absolute Gasteiger partial charge is 0.497 e. The number of carbonyl (C=O) groups is 2. The average molecular weight is 369 g/mol. The predicted molar refractivity (Wildman–Crippen MR) is 99.2 cm³/mol. The number of methoxy groups -OCH3 is 1. The standard InChI is InChI=1S/C18H27NO5S/c1-17(2,3)24-16(22)19-14(15(20)21)18(4,5)25-11-12-7-9-13(23-6)10-8-12/h7-10,14H,11H2,1-6H3,(H,19,22)(H,20,21)/t14-/m0/s1. The normalized spacial score (nSPS) is 13.0. The van der Waals surface area contributed by atoms with E-state index >= 15 is 0 Å². The van der Waals surface area contributed by atoms with Crippen LogP contribution in [0.4, 0.5) is 4.79 Å². The fourth-order valence-corrected chi connectivity index (χ4v) is 3.09. The van der Waals surface area contributed by atoms with Crippen molar-refractivity contribution in [3.8, 4) is 5.75 Å². The number of hydrogen-bond donors (Lipinski definition) is 2. The summed E-state index contributed by atoms with van der Waals surface area (Å²) >= 11 is 1.45. The van der Waals surface area contributed by atoms with Gasteiger partial charge in [-0.1, -0.05) is 12.1 Å². The van der Waals surface area contributed by atoms with Gasteiger partial charge in [-0.05, 0) is 52.3 Å². The van der Waals surface area contributed by atoms with Crippen molar-refractivity contribution in [1.82, 2.24) is 5.32 Å². The van der Waals surface area contributed by atoms with Crippen LogP contribution in [0, 0.1) is 0 Å². The zero-order chi connectivity index (χ0) is 19.3. The highest BCUT2D eigenvalue weighted by atomic mass is 32.2. The third-order valence-corrected chi connectivity index (χ3v) is 4.83. The van der Waals surface area contributed by atoms with Gasteiger partial charge < -0.3 is 19.9 Å². The number of rotatable bonds is 7. The molecular weight excluding hydrogens is 342 g/mol. The fraction of sp³-hybridized carbons (Fsp3) is 0.556. The molecule has 0 fully saturated rings. The molecule has 25 heavy (non-hydrogen) atoms. The summed E-state index contributed by atoms with van der Waals surface area (Å²) in [5, 5.41) is 12.0. The van der Waals surface area contributed by atoms with Crippen LogP contribution in [0.1, 0.15) is 40.2 Å². The van der Waals surface area contributed by atoms with Gasteiger partial charge in [-0.15, -0.1) is 11.8 Å². The van der Waals surface area contributed by atoms with E-state index in [-0.39, 0.29) is 0 Å². The van der Waals surface area contributed by atoms with E-state index in [1.807, 2.05) is 24.3 Å². The van der Waals surface area contributed by atoms with Crippen LogP contribution in [-0.4, -0.2) is 40.7 Å². The molecule has 0 heterocycles. The predicted octanol–water partition coefficient (Wildman–Crippen LogP) is 3.68. The second kappa shape index (κ2) is 8.47. The summed E-state index contributed by atoms with van der Waals surface area (Å²) in [6.45, 7) is 8.76. The van der Waals surface area contributed by atoms with Gasteiger partial charge in [-0.3, -0.25) is 0 Å². The van der Waals surface area contributed by atoms with Crippen molar-refractivity contribution in [3.05, 3.63) is 29.8 Å². The molecule has 1 amide bonds. The number of amides is 1. The Morgan fingerprint density at radius 2 is 1.72 bits per heavy atom. The number of aliphatic carboxylic acids is 1. The highest BCUT2D eigenvalue weighted by Gasteiger charge is 2.38. The van der Waals surface area contributed by atoms with E-state index < -0.39 is 28.5 Å². The molecular formula is C18H27NO5S. The summed E-state index contributed by atoms with van der Waals surface area (Å²) in [6.07, 6.45) is -0.738. The maximum absolute atomic E-state index is 11.9. The van der Waals surface area contributed by atoms with Gasteiger partial charge in [-0.25, -0.2) is 9.59 Å². The molecule has 1 rings (SSSR count). The van der Waals surface area contributed by atoms with Crippen molar-refractivity contribution in [2.24, 2.45) is 0 Å². The average Bonchev–Trinajstić information content (AvgIpc) is 2.49. The Morgan fingerprint density at radius 3 is 2.16 bits per heavy atom. The molecule has 0 radical (unpaired) electrons. The van der Waals surface area contributed by atoms with Gasteiger partial charge in [0.25, 0.3) is 0 Å². The number of benzene rings is 1. The van der Waals surface area contributed by atoms with Crippen molar-refractivity contribution < 1.29 is 24.2 Å². The highest BCUT2D eigenvalue weighted by molar-refractivity contribution is 7.99. The number of alkyl carbamates (subject to hydrolysis) is 1. The van der Waals surface area contributed by atoms with Crippen LogP contribution in [0.5, 0.6) is 5.75 Å². The first-order valence-electron chi connectivity index (χ1n) is 7.94. The number of carboxylic acids is 1. The van der Waals surface area contributed by atoms with Crippen LogP contribution >= 0.6 is 11.8 Å². The molecule has 0 unspecified atom stereocenters. The Morgan fingerprint density at radius 1 is 1.16 bits per heavy atom. The maximum atomic E-state index is 11.9. The van der Waals surface area contributed by atoms with E-state index in [0.29, 0.717) is 5.75 Å². The van der Waals surface area contributed by atoms with Crippen LogP contribution in [-0.2, 0) is 15.3 Å². The number of carbonyl (C=O) groups excluding carboxylic acids is 1. The second-order valence-corrected chi connectivity index (χ2v) is 8.79. The number of hydrogen-bond acceptors (Lipinski definition) is 5. The van der Waals surface area contributed by atoms with Gasteiger partial charge in [0.1, 0.15) is 17.4 Å². The maximum Gasteiger partial charge on any atom is 0.408 e. The molecule has 140 valence electrons. The molecule has 0 saturated heterocycles. The molecule has 6 nitrogen and oxygen atoms in total. The molecule has 7 heteroatoms. The zero-order valence-corrected chi connectivity index (χ0v) is 16.4. The minimum absolute atomic E-state index is 0.608. The van der Waals surface area contributed by atoms with Crippen LogP contribution in [0.3, 0.4) is 0 Å². The van der Waals surface area contributed by atoms with Gasteiger partial charge in [0.05, 0.1) is 7.11 Å². The third kappa shape index (κ3) is 7.25. The first kappa shape index (κ1) is 21.2. The third-order valence-electron chi connectivity index (χ3n) is 3.37. The molecule has 0 aromatic heterocycles. The van der Waals surface area contributed by atoms with Gasteiger partial charge in [0.15, 0.2) is 0 Å². The number of ether oxygens (including phenoxy) is 2. The van der Waals surface area contributed by atoms with Gasteiger partial charge in [0.2, 0.25) is 0 Å². The molecule has 0 aliphatic carbocycles. The molecule has 0 spiro atoms. The zero-order valence-electron chi connectivity index (χ0n) is 15.6. The van der Waals surface area contributed by atoms with E-state index in [2.05, 4.69) is 5.32 Å². The molecule has 1 aromatic rings. The van der Waals surface area contributed by atoms with E-state index in [1.54, 1.807) is 41.7 Å². The van der Waals surface area contributed by atoms with Crippen molar-refractivity contribution in [2.45, 2.75) is 56.8 Å². The lowest BCUT2D eigenvalue weighted by atomic mass is 10.0. The van der Waals surface area contributed by atoms with Crippen LogP contribution in [0.2, 0.25) is 0 Å². The monoisotopic (exact) mass is 369 g/mol. The molecule has 0 aliphatic rings. The van der Waals surface area contributed by atoms with Gasteiger partial charge >= 0.3 is 12.1 Å². The van der Waals surface area contributed by atoms with Crippen molar-refractivity contribution in [3.63, 3.8) is 0 Å². The Kier molecular flexibility index (Phi) is 7.17. The smallest absolute Gasteiger partial charge is 0.408 e. The summed E-state index contributed by atoms with van der Waals surface area (Å²) in [5.74, 6) is 0.276. The highest BCUT2D eigenvalue weighted by Crippen LogP contribution is 2.32. The number of nitrogens with one attached hydrogen (secondary N) is 1. The Labute approximate surface area is 153 Å². The summed E-state index contributed by atoms with van der Waals surface area (Å²) in [6, 6.07) is 6.50. The molecule has 1 atom stereocenters. The molecule has 2 N–H and O–H groups in total. The Hall–Kier alpha value is -1.89. The van der Waals surface area contributed by atoms with E-state index in [0.717, 1.165) is 11.3 Å². The Bertz CT molecular complexity index is 592. The number of carboxylic acid groups (broad SMARTS) is 1. The van der Waals surface area contributed by atoms with Crippen molar-refractivity contribution in [2.75, 3.05) is 7.11 Å². The van der Waals surface area contributed by atoms with E-state index in [4.69, 9.17) is 9.47 Å². The second-order valence-electron chi connectivity index (χ2n) is 7.16. The van der Waals surface area contributed by atoms with Crippen molar-refractivity contribution in [1.29, 1.82) is 0 Å². The van der Waals surface area contributed by atoms with Crippen LogP contribution in [0.15, 0.2) is 24.3 Å². The van der Waals surface area contributed by atoms with Gasteiger partial charge in [0, 0.05) is 10.5 Å². The summed E-state index contributed by atoms with van der Waals surface area (Å²) in [4.78, 5) is 23.6. The molecule has 0 saturated carbocycles.